The van der Waals surface area contributed by atoms with Crippen molar-refractivity contribution in [3.05, 3.63) is 48.0 Å². The Labute approximate surface area is 158 Å². The summed E-state index contributed by atoms with van der Waals surface area (Å²) < 4.78 is 19.1. The molecule has 0 spiro atoms. The van der Waals surface area contributed by atoms with Gasteiger partial charge in [-0.1, -0.05) is 0 Å². The molecule has 0 amide bonds. The highest BCUT2D eigenvalue weighted by Crippen LogP contribution is 2.20. The second-order valence-corrected chi connectivity index (χ2v) is 6.29. The van der Waals surface area contributed by atoms with Crippen LogP contribution in [0, 0.1) is 5.82 Å². The third-order valence-corrected chi connectivity index (χ3v) is 4.34. The Kier molecular flexibility index (Phi) is 6.40. The van der Waals surface area contributed by atoms with Crippen LogP contribution in [0.1, 0.15) is 18.9 Å². The maximum Gasteiger partial charge on any atom is 0.213 e. The van der Waals surface area contributed by atoms with Gasteiger partial charge in [-0.2, -0.15) is 0 Å². The summed E-state index contributed by atoms with van der Waals surface area (Å²) in [7, 11) is 1.59. The molecule has 7 nitrogen and oxygen atoms in total. The van der Waals surface area contributed by atoms with Gasteiger partial charge in [0.05, 0.1) is 13.7 Å². The van der Waals surface area contributed by atoms with E-state index in [0.717, 1.165) is 31.0 Å². The quantitative estimate of drug-likeness (QED) is 0.596. The lowest BCUT2D eigenvalue weighted by Gasteiger charge is -2.20. The van der Waals surface area contributed by atoms with Crippen molar-refractivity contribution < 1.29 is 9.13 Å². The van der Waals surface area contributed by atoms with Gasteiger partial charge in [0, 0.05) is 44.1 Å². The number of aliphatic imine (C=N–C) groups is 1. The fourth-order valence-corrected chi connectivity index (χ4v) is 3.02. The van der Waals surface area contributed by atoms with Gasteiger partial charge >= 0.3 is 0 Å². The van der Waals surface area contributed by atoms with Gasteiger partial charge in [-0.15, -0.1) is 0 Å². The summed E-state index contributed by atoms with van der Waals surface area (Å²) in [5.41, 5.74) is 1.02. The number of halogens is 1. The summed E-state index contributed by atoms with van der Waals surface area (Å²) in [4.78, 5) is 14.9. The van der Waals surface area contributed by atoms with Gasteiger partial charge in [0.2, 0.25) is 5.88 Å². The molecule has 0 aliphatic carbocycles. The van der Waals surface area contributed by atoms with E-state index in [9.17, 15) is 4.39 Å². The van der Waals surface area contributed by atoms with Crippen molar-refractivity contribution in [1.82, 2.24) is 20.6 Å². The zero-order valence-corrected chi connectivity index (χ0v) is 15.7. The average molecular weight is 372 g/mol. The molecule has 3 heterocycles. The first-order chi connectivity index (χ1) is 13.2. The van der Waals surface area contributed by atoms with Crippen LogP contribution in [0.3, 0.4) is 0 Å². The fraction of sp³-hybridized carbons (Fsp3) is 0.421. The SMILES string of the molecule is CCNC(=NCc1ccnc(OC)c1)NC1CCN(c2ncccc2F)C1. The van der Waals surface area contributed by atoms with Crippen LogP contribution < -0.4 is 20.3 Å². The lowest BCUT2D eigenvalue weighted by Crippen LogP contribution is -2.44. The maximum atomic E-state index is 13.9. The van der Waals surface area contributed by atoms with Crippen LogP contribution in [0.15, 0.2) is 41.7 Å². The largest absolute Gasteiger partial charge is 0.481 e. The number of hydrogen-bond donors (Lipinski definition) is 2. The van der Waals surface area contributed by atoms with E-state index in [1.807, 2.05) is 24.0 Å². The first-order valence-electron chi connectivity index (χ1n) is 9.08. The van der Waals surface area contributed by atoms with Crippen molar-refractivity contribution in [2.75, 3.05) is 31.6 Å². The van der Waals surface area contributed by atoms with Crippen LogP contribution in [0.4, 0.5) is 10.2 Å². The smallest absolute Gasteiger partial charge is 0.213 e. The molecule has 0 saturated carbocycles. The number of ether oxygens (including phenoxy) is 1. The maximum absolute atomic E-state index is 13.9. The Hall–Kier alpha value is -2.90. The Balaban J connectivity index is 1.61. The van der Waals surface area contributed by atoms with Gasteiger partial charge in [-0.05, 0) is 37.1 Å². The highest BCUT2D eigenvalue weighted by molar-refractivity contribution is 5.80. The number of pyridine rings is 2. The predicted molar refractivity (Wildman–Crippen MR) is 104 cm³/mol. The second kappa shape index (κ2) is 9.16. The number of nitrogens with one attached hydrogen (secondary N) is 2. The van der Waals surface area contributed by atoms with E-state index in [1.54, 1.807) is 25.6 Å². The third kappa shape index (κ3) is 5.06. The first-order valence-corrected chi connectivity index (χ1v) is 9.08. The van der Waals surface area contributed by atoms with Crippen molar-refractivity contribution >= 4 is 11.8 Å². The predicted octanol–water partition coefficient (Wildman–Crippen LogP) is 1.96. The van der Waals surface area contributed by atoms with Gasteiger partial charge in [0.1, 0.15) is 0 Å². The van der Waals surface area contributed by atoms with Gasteiger partial charge in [-0.3, -0.25) is 0 Å². The molecule has 2 N–H and O–H groups in total. The van der Waals surface area contributed by atoms with Crippen LogP contribution in [0.25, 0.3) is 0 Å². The molecule has 27 heavy (non-hydrogen) atoms. The van der Waals surface area contributed by atoms with Crippen LogP contribution in [-0.2, 0) is 6.54 Å². The van der Waals surface area contributed by atoms with Crippen molar-refractivity contribution in [2.24, 2.45) is 4.99 Å². The minimum atomic E-state index is -0.287. The minimum Gasteiger partial charge on any atom is -0.481 e. The molecule has 2 aromatic heterocycles. The third-order valence-electron chi connectivity index (χ3n) is 4.34. The number of nitrogens with zero attached hydrogens (tertiary/aromatic N) is 4. The Morgan fingerprint density at radius 1 is 1.37 bits per heavy atom. The van der Waals surface area contributed by atoms with Gasteiger partial charge in [-0.25, -0.2) is 19.4 Å². The topological polar surface area (TPSA) is 74.7 Å². The molecule has 1 atom stereocenters. The minimum absolute atomic E-state index is 0.177. The second-order valence-electron chi connectivity index (χ2n) is 6.29. The molecule has 1 saturated heterocycles. The molecule has 3 rings (SSSR count). The molecule has 1 fully saturated rings. The highest BCUT2D eigenvalue weighted by atomic mass is 19.1. The lowest BCUT2D eigenvalue weighted by atomic mass is 10.2. The molecule has 0 bridgehead atoms. The van der Waals surface area contributed by atoms with Crippen LogP contribution in [0.5, 0.6) is 5.88 Å². The molecule has 0 radical (unpaired) electrons. The molecular formula is C19H25FN6O. The highest BCUT2D eigenvalue weighted by Gasteiger charge is 2.25. The number of rotatable bonds is 6. The van der Waals surface area contributed by atoms with E-state index >= 15 is 0 Å². The van der Waals surface area contributed by atoms with E-state index < -0.39 is 0 Å². The summed E-state index contributed by atoms with van der Waals surface area (Å²) >= 11 is 0. The van der Waals surface area contributed by atoms with Crippen molar-refractivity contribution in [2.45, 2.75) is 25.9 Å². The zero-order valence-electron chi connectivity index (χ0n) is 15.7. The summed E-state index contributed by atoms with van der Waals surface area (Å²) in [6, 6.07) is 7.01. The van der Waals surface area contributed by atoms with E-state index in [1.165, 1.54) is 6.07 Å². The molecule has 144 valence electrons. The molecule has 1 unspecified atom stereocenters. The summed E-state index contributed by atoms with van der Waals surface area (Å²) in [6.07, 6.45) is 4.22. The normalized spacial score (nSPS) is 17.1. The summed E-state index contributed by atoms with van der Waals surface area (Å²) in [5, 5.41) is 6.69. The number of anilines is 1. The number of guanidine groups is 1. The molecule has 2 aromatic rings. The number of aromatic nitrogens is 2. The van der Waals surface area contributed by atoms with Crippen molar-refractivity contribution in [3.63, 3.8) is 0 Å². The number of methoxy groups -OCH3 is 1. The summed E-state index contributed by atoms with van der Waals surface area (Å²) in [5.74, 6) is 1.43. The first kappa shape index (κ1) is 18.9. The van der Waals surface area contributed by atoms with E-state index in [4.69, 9.17) is 4.74 Å². The van der Waals surface area contributed by atoms with E-state index in [2.05, 4.69) is 25.6 Å². The Morgan fingerprint density at radius 3 is 3.04 bits per heavy atom. The molecular weight excluding hydrogens is 347 g/mol. The molecule has 0 aromatic carbocycles. The standard InChI is InChI=1S/C19H25FN6O/c1-3-21-19(24-12-14-6-9-22-17(11-14)27-2)25-15-7-10-26(13-15)18-16(20)5-4-8-23-18/h4-6,8-9,11,15H,3,7,10,12-13H2,1-2H3,(H2,21,24,25). The van der Waals surface area contributed by atoms with Crippen molar-refractivity contribution in [1.29, 1.82) is 0 Å². The lowest BCUT2D eigenvalue weighted by molar-refractivity contribution is 0.397. The van der Waals surface area contributed by atoms with Crippen LogP contribution >= 0.6 is 0 Å². The van der Waals surface area contributed by atoms with Gasteiger partial charge < -0.3 is 20.3 Å². The molecule has 1 aliphatic heterocycles. The fourth-order valence-electron chi connectivity index (χ4n) is 3.02. The molecule has 1 aliphatic rings. The number of hydrogen-bond acceptors (Lipinski definition) is 5. The van der Waals surface area contributed by atoms with Crippen LogP contribution in [-0.4, -0.2) is 48.7 Å². The van der Waals surface area contributed by atoms with Crippen molar-refractivity contribution in [3.8, 4) is 5.88 Å². The Morgan fingerprint density at radius 2 is 2.26 bits per heavy atom. The summed E-state index contributed by atoms with van der Waals surface area (Å²) in [6.45, 7) is 4.74. The van der Waals surface area contributed by atoms with Gasteiger partial charge in [0.25, 0.3) is 0 Å². The Bertz CT molecular complexity index is 784. The van der Waals surface area contributed by atoms with Crippen LogP contribution in [0.2, 0.25) is 0 Å². The molecule has 8 heteroatoms. The van der Waals surface area contributed by atoms with Gasteiger partial charge in [0.15, 0.2) is 17.6 Å². The van der Waals surface area contributed by atoms with E-state index in [-0.39, 0.29) is 11.9 Å². The monoisotopic (exact) mass is 372 g/mol. The van der Waals surface area contributed by atoms with E-state index in [0.29, 0.717) is 24.8 Å². The zero-order chi connectivity index (χ0) is 19.1. The average Bonchev–Trinajstić information content (AvgIpc) is 3.15.